The third kappa shape index (κ3) is 3.76. The maximum atomic E-state index is 12.4. The Bertz CT molecular complexity index is 752. The Morgan fingerprint density at radius 1 is 1.33 bits per heavy atom. The van der Waals surface area contributed by atoms with Gasteiger partial charge in [0.2, 0.25) is 0 Å². The molecule has 0 spiro atoms. The summed E-state index contributed by atoms with van der Waals surface area (Å²) in [6, 6.07) is 7.29. The first-order valence-electron chi connectivity index (χ1n) is 7.75. The van der Waals surface area contributed by atoms with Crippen molar-refractivity contribution in [2.75, 3.05) is 6.54 Å². The molecular weight excluding hydrogens is 330 g/mol. The summed E-state index contributed by atoms with van der Waals surface area (Å²) in [6.45, 7) is 3.77. The lowest BCUT2D eigenvalue weighted by molar-refractivity contribution is 0.0942. The number of amides is 1. The summed E-state index contributed by atoms with van der Waals surface area (Å²) in [6.07, 6.45) is 1.10. The van der Waals surface area contributed by atoms with E-state index in [0.29, 0.717) is 36.6 Å². The Morgan fingerprint density at radius 3 is 2.92 bits per heavy atom. The van der Waals surface area contributed by atoms with Gasteiger partial charge in [-0.2, -0.15) is 5.10 Å². The second-order valence-electron chi connectivity index (χ2n) is 5.87. The highest BCUT2D eigenvalue weighted by Crippen LogP contribution is 2.17. The molecule has 0 aliphatic carbocycles. The fourth-order valence-electron chi connectivity index (χ4n) is 2.83. The molecule has 24 heavy (non-hydrogen) atoms. The molecule has 1 amide bonds. The Hall–Kier alpha value is -2.34. The molecule has 0 saturated heterocycles. The molecule has 0 radical (unpaired) electrons. The molecule has 1 aliphatic rings. The molecule has 0 bridgehead atoms. The number of aldehydes is 1. The number of fused-ring (bicyclic) bond motifs is 1. The van der Waals surface area contributed by atoms with Gasteiger partial charge < -0.3 is 9.64 Å². The van der Waals surface area contributed by atoms with Crippen molar-refractivity contribution in [2.45, 2.75) is 33.0 Å². The van der Waals surface area contributed by atoms with Crippen LogP contribution in [-0.4, -0.2) is 33.6 Å². The number of carbonyl (C=O) groups is 2. The third-order valence-corrected chi connectivity index (χ3v) is 4.09. The molecule has 7 heteroatoms. The lowest BCUT2D eigenvalue weighted by Crippen LogP contribution is -2.31. The number of aryl methyl sites for hydroxylation is 2. The van der Waals surface area contributed by atoms with Gasteiger partial charge >= 0.3 is 6.09 Å². The smallest absolute Gasteiger partial charge is 0.410 e. The molecule has 6 nitrogen and oxygen atoms in total. The van der Waals surface area contributed by atoms with Gasteiger partial charge in [-0.25, -0.2) is 4.79 Å². The summed E-state index contributed by atoms with van der Waals surface area (Å²) >= 11 is 6.02. The number of hydrogen-bond acceptors (Lipinski definition) is 4. The highest BCUT2D eigenvalue weighted by atomic mass is 35.5. The van der Waals surface area contributed by atoms with Crippen molar-refractivity contribution in [3.05, 3.63) is 51.8 Å². The van der Waals surface area contributed by atoms with E-state index >= 15 is 0 Å². The van der Waals surface area contributed by atoms with Crippen LogP contribution in [0.4, 0.5) is 4.79 Å². The van der Waals surface area contributed by atoms with Crippen molar-refractivity contribution >= 4 is 24.0 Å². The summed E-state index contributed by atoms with van der Waals surface area (Å²) in [7, 11) is 0. The average molecular weight is 348 g/mol. The minimum Gasteiger partial charge on any atom is -0.445 e. The van der Waals surface area contributed by atoms with Gasteiger partial charge in [0.15, 0.2) is 6.29 Å². The molecule has 0 fully saturated rings. The molecule has 0 saturated carbocycles. The van der Waals surface area contributed by atoms with Crippen molar-refractivity contribution in [1.29, 1.82) is 0 Å². The van der Waals surface area contributed by atoms with E-state index in [2.05, 4.69) is 5.10 Å². The van der Waals surface area contributed by atoms with Crippen molar-refractivity contribution in [1.82, 2.24) is 14.7 Å². The number of nitrogens with zero attached hydrogens (tertiary/aromatic N) is 3. The molecule has 3 rings (SSSR count). The van der Waals surface area contributed by atoms with Crippen molar-refractivity contribution in [3.8, 4) is 0 Å². The predicted molar refractivity (Wildman–Crippen MR) is 89.0 cm³/mol. The van der Waals surface area contributed by atoms with E-state index < -0.39 is 0 Å². The van der Waals surface area contributed by atoms with Crippen molar-refractivity contribution in [2.24, 2.45) is 0 Å². The predicted octanol–water partition coefficient (Wildman–Crippen LogP) is 3.20. The van der Waals surface area contributed by atoms with Gasteiger partial charge in [0.1, 0.15) is 12.3 Å². The zero-order valence-corrected chi connectivity index (χ0v) is 14.1. The minimum atomic E-state index is -0.380. The van der Waals surface area contributed by atoms with Gasteiger partial charge in [0.25, 0.3) is 0 Å². The van der Waals surface area contributed by atoms with E-state index in [-0.39, 0.29) is 12.7 Å². The summed E-state index contributed by atoms with van der Waals surface area (Å²) in [5.41, 5.74) is 3.10. The van der Waals surface area contributed by atoms with E-state index in [9.17, 15) is 9.59 Å². The lowest BCUT2D eigenvalue weighted by Gasteiger charge is -2.19. The molecule has 126 valence electrons. The maximum Gasteiger partial charge on any atom is 0.410 e. The molecule has 2 aromatic rings. The van der Waals surface area contributed by atoms with Crippen LogP contribution in [0.3, 0.4) is 0 Å². The summed E-state index contributed by atoms with van der Waals surface area (Å²) in [5.74, 6) is 0. The number of rotatable bonds is 3. The number of hydrogen-bond donors (Lipinski definition) is 0. The van der Waals surface area contributed by atoms with E-state index in [1.807, 2.05) is 19.1 Å². The fourth-order valence-corrected chi connectivity index (χ4v) is 3.14. The van der Waals surface area contributed by atoms with Gasteiger partial charge in [-0.3, -0.25) is 9.48 Å². The van der Waals surface area contributed by atoms with Crippen molar-refractivity contribution in [3.63, 3.8) is 0 Å². The summed E-state index contributed by atoms with van der Waals surface area (Å²) < 4.78 is 7.19. The fraction of sp³-hybridized carbons (Fsp3) is 0.353. The molecule has 1 aromatic heterocycles. The Morgan fingerprint density at radius 2 is 2.17 bits per heavy atom. The van der Waals surface area contributed by atoms with Gasteiger partial charge in [-0.05, 0) is 42.7 Å². The largest absolute Gasteiger partial charge is 0.445 e. The van der Waals surface area contributed by atoms with E-state index in [1.54, 1.807) is 21.7 Å². The van der Waals surface area contributed by atoms with E-state index in [4.69, 9.17) is 16.3 Å². The first-order chi connectivity index (χ1) is 11.5. The molecule has 0 atom stereocenters. The van der Waals surface area contributed by atoms with Gasteiger partial charge in [0.05, 0.1) is 12.2 Å². The lowest BCUT2D eigenvalue weighted by atomic mass is 10.1. The number of aromatic nitrogens is 2. The molecule has 2 heterocycles. The van der Waals surface area contributed by atoms with Crippen LogP contribution in [0.5, 0.6) is 0 Å². The molecule has 1 aliphatic heterocycles. The quantitative estimate of drug-likeness (QED) is 0.800. The SMILES string of the molecule is Cc1cc(Cl)cc(COC(=O)N2CCCn3nc(C=O)cc3C2)c1. The first kappa shape index (κ1) is 16.5. The normalized spacial score (nSPS) is 14.0. The number of ether oxygens (including phenoxy) is 1. The van der Waals surface area contributed by atoms with Crippen LogP contribution in [0.2, 0.25) is 5.02 Å². The Balaban J connectivity index is 1.65. The summed E-state index contributed by atoms with van der Waals surface area (Å²) in [4.78, 5) is 24.8. The monoisotopic (exact) mass is 347 g/mol. The number of halogens is 1. The number of benzene rings is 1. The molecular formula is C17H18ClN3O3. The van der Waals surface area contributed by atoms with Gasteiger partial charge in [-0.1, -0.05) is 17.7 Å². The summed E-state index contributed by atoms with van der Waals surface area (Å²) in [5, 5.41) is 4.82. The van der Waals surface area contributed by atoms with Crippen LogP contribution in [0.15, 0.2) is 24.3 Å². The molecule has 1 aromatic carbocycles. The van der Waals surface area contributed by atoms with Gasteiger partial charge in [-0.15, -0.1) is 0 Å². The van der Waals surface area contributed by atoms with E-state index in [1.165, 1.54) is 0 Å². The topological polar surface area (TPSA) is 64.4 Å². The van der Waals surface area contributed by atoms with Crippen molar-refractivity contribution < 1.29 is 14.3 Å². The van der Waals surface area contributed by atoms with Crippen LogP contribution in [-0.2, 0) is 24.4 Å². The van der Waals surface area contributed by atoms with Crippen LogP contribution in [0.25, 0.3) is 0 Å². The first-order valence-corrected chi connectivity index (χ1v) is 8.12. The average Bonchev–Trinajstić information content (AvgIpc) is 2.82. The molecule has 0 N–H and O–H groups in total. The van der Waals surface area contributed by atoms with Crippen LogP contribution in [0.1, 0.15) is 33.7 Å². The second-order valence-corrected chi connectivity index (χ2v) is 6.30. The van der Waals surface area contributed by atoms with Crippen LogP contribution in [0, 0.1) is 6.92 Å². The Labute approximate surface area is 145 Å². The van der Waals surface area contributed by atoms with Gasteiger partial charge in [0, 0.05) is 18.1 Å². The highest BCUT2D eigenvalue weighted by molar-refractivity contribution is 6.30. The highest BCUT2D eigenvalue weighted by Gasteiger charge is 2.21. The van der Waals surface area contributed by atoms with E-state index in [0.717, 1.165) is 23.2 Å². The standard InChI is InChI=1S/C17H18ClN3O3/c1-12-5-13(7-14(18)6-12)11-24-17(23)20-3-2-4-21-16(9-20)8-15(10-22)19-21/h5-8,10H,2-4,9,11H2,1H3. The maximum absolute atomic E-state index is 12.4. The zero-order chi connectivity index (χ0) is 17.1. The number of carbonyl (C=O) groups excluding carboxylic acids is 2. The Kier molecular flexibility index (Phi) is 4.85. The zero-order valence-electron chi connectivity index (χ0n) is 13.4. The second kappa shape index (κ2) is 7.05. The van der Waals surface area contributed by atoms with Crippen LogP contribution >= 0.6 is 11.6 Å². The molecule has 0 unspecified atom stereocenters. The minimum absolute atomic E-state index is 0.176. The third-order valence-electron chi connectivity index (χ3n) is 3.88. The van der Waals surface area contributed by atoms with Crippen LogP contribution < -0.4 is 0 Å².